The fourth-order valence-corrected chi connectivity index (χ4v) is 8.46. The lowest BCUT2D eigenvalue weighted by Gasteiger charge is -2.20. The summed E-state index contributed by atoms with van der Waals surface area (Å²) in [6.45, 7) is 3.67. The molecule has 0 unspecified atom stereocenters. The topological polar surface area (TPSA) is 274 Å². The van der Waals surface area contributed by atoms with Crippen molar-refractivity contribution >= 4 is 64.5 Å². The van der Waals surface area contributed by atoms with Gasteiger partial charge in [0.2, 0.25) is 2.82 Å². The number of rotatable bonds is 9. The minimum absolute atomic E-state index is 0.00940. The SMILES string of the molecule is [H]/N=N/c1c(S(=O)(=O)O)c(-c2ccc(-c3ccc(-c4c(S(=O)(=O)O)c(/N=N/[H])c(O)c5ccc(N)cc45)c(CC)c3)cc2CC)c2cc(N)ccc2c1O. The number of aryl methyl sites for hydroxylation is 2. The summed E-state index contributed by atoms with van der Waals surface area (Å²) in [5, 5.41) is 29.8. The van der Waals surface area contributed by atoms with Crippen LogP contribution in [0.5, 0.6) is 11.5 Å². The number of hydrogen-bond acceptors (Lipinski definition) is 12. The van der Waals surface area contributed by atoms with Crippen molar-refractivity contribution in [3.63, 3.8) is 0 Å². The summed E-state index contributed by atoms with van der Waals surface area (Å²) in [5.41, 5.74) is 20.5. The molecule has 14 nitrogen and oxygen atoms in total. The van der Waals surface area contributed by atoms with Gasteiger partial charge < -0.3 is 21.7 Å². The van der Waals surface area contributed by atoms with Gasteiger partial charge in [-0.15, -0.1) is 0 Å². The first kappa shape index (κ1) is 33.2. The first-order valence-electron chi connectivity index (χ1n) is 16.5. The molecule has 0 spiro atoms. The maximum absolute atomic E-state index is 12.9. The van der Waals surface area contributed by atoms with Crippen LogP contribution in [0.1, 0.15) is 25.0 Å². The average Bonchev–Trinajstić information content (AvgIpc) is 3.12. The van der Waals surface area contributed by atoms with E-state index in [1.807, 2.05) is 13.8 Å². The van der Waals surface area contributed by atoms with Crippen LogP contribution < -0.4 is 11.5 Å². The molecule has 6 aromatic rings. The van der Waals surface area contributed by atoms with Crippen molar-refractivity contribution in [1.29, 1.82) is 11.0 Å². The summed E-state index contributed by atoms with van der Waals surface area (Å²) in [6.07, 6.45) is 0.720. The van der Waals surface area contributed by atoms with Crippen LogP contribution >= 0.6 is 0 Å². The number of nitrogens with one attached hydrogen (secondary N) is 2. The van der Waals surface area contributed by atoms with Gasteiger partial charge in [0.25, 0.3) is 20.2 Å². The van der Waals surface area contributed by atoms with E-state index >= 15 is 0 Å². The van der Waals surface area contributed by atoms with E-state index in [1.54, 1.807) is 36.4 Å². The molecular weight excluding hydrogens is 709 g/mol. The summed E-state index contributed by atoms with van der Waals surface area (Å²) in [6, 6.07) is 19.1. The Hall–Kier alpha value is -5.94. The van der Waals surface area contributed by atoms with E-state index in [-0.39, 0.29) is 44.0 Å². The lowest BCUT2D eigenvalue weighted by molar-refractivity contribution is 0.472. The van der Waals surface area contributed by atoms with Gasteiger partial charge in [0.15, 0.2) is 11.5 Å². The summed E-state index contributed by atoms with van der Waals surface area (Å²) in [5.74, 6) is -1.23. The zero-order valence-corrected chi connectivity index (χ0v) is 29.2. The highest BCUT2D eigenvalue weighted by Gasteiger charge is 2.31. The summed E-state index contributed by atoms with van der Waals surface area (Å²) in [4.78, 5) is -1.51. The number of nitrogen functional groups attached to an aromatic ring is 2. The van der Waals surface area contributed by atoms with E-state index in [4.69, 9.17) is 14.3 Å². The Morgan fingerprint density at radius 1 is 0.615 bits per heavy atom. The van der Waals surface area contributed by atoms with Crippen molar-refractivity contribution in [3.8, 4) is 44.9 Å². The fourth-order valence-electron chi connectivity index (χ4n) is 6.74. The molecule has 0 aliphatic heterocycles. The Labute approximate surface area is 300 Å². The Balaban J connectivity index is 1.63. The van der Waals surface area contributed by atoms with Crippen LogP contribution in [-0.2, 0) is 33.1 Å². The second kappa shape index (κ2) is 13.0. The van der Waals surface area contributed by atoms with Crippen LogP contribution in [0, 0.1) is 11.0 Å². The number of nitrogens with zero attached hydrogens (tertiary/aromatic N) is 2. The molecular formula is C36H32N6O8S2. The molecule has 16 heteroatoms. The summed E-state index contributed by atoms with van der Waals surface area (Å²) < 4.78 is 87.2. The van der Waals surface area contributed by atoms with Gasteiger partial charge in [0.1, 0.15) is 21.2 Å². The predicted octanol–water partition coefficient (Wildman–Crippen LogP) is 8.51. The monoisotopic (exact) mass is 740 g/mol. The van der Waals surface area contributed by atoms with Gasteiger partial charge in [0.05, 0.1) is 0 Å². The number of aromatic hydroxyl groups is 2. The third kappa shape index (κ3) is 5.86. The molecule has 0 bridgehead atoms. The highest BCUT2D eigenvalue weighted by molar-refractivity contribution is 7.86. The van der Waals surface area contributed by atoms with Crippen molar-refractivity contribution in [3.05, 3.63) is 83.9 Å². The Kier molecular flexibility index (Phi) is 8.30. The largest absolute Gasteiger partial charge is 0.505 e. The Bertz CT molecular complexity index is 2640. The molecule has 6 aromatic carbocycles. The minimum Gasteiger partial charge on any atom is -0.505 e. The van der Waals surface area contributed by atoms with Crippen molar-refractivity contribution in [2.75, 3.05) is 11.5 Å². The molecule has 0 atom stereocenters. The molecule has 266 valence electrons. The van der Waals surface area contributed by atoms with E-state index < -0.39 is 52.9 Å². The number of phenols is 2. The molecule has 0 saturated carbocycles. The highest BCUT2D eigenvalue weighted by atomic mass is 32.2. The first-order valence-corrected chi connectivity index (χ1v) is 18.5. The molecule has 6 rings (SSSR count). The lowest BCUT2D eigenvalue weighted by atomic mass is 9.87. The molecule has 0 amide bonds. The van der Waals surface area contributed by atoms with E-state index in [0.29, 0.717) is 46.2 Å². The second-order valence-electron chi connectivity index (χ2n) is 12.0. The Morgan fingerprint density at radius 2 is 1.00 bits per heavy atom. The van der Waals surface area contributed by atoms with E-state index in [0.717, 1.165) is 0 Å². The Morgan fingerprint density at radius 3 is 1.33 bits per heavy atom. The molecule has 0 saturated heterocycles. The van der Waals surface area contributed by atoms with Gasteiger partial charge in [-0.2, -0.15) is 27.1 Å². The van der Waals surface area contributed by atoms with Gasteiger partial charge in [-0.3, -0.25) is 9.11 Å². The van der Waals surface area contributed by atoms with Crippen molar-refractivity contribution < 1.29 is 39.0 Å². The fraction of sp³-hybridized carbons (Fsp3) is 0.111. The van der Waals surface area contributed by atoms with Crippen molar-refractivity contribution in [2.45, 2.75) is 36.5 Å². The molecule has 52 heavy (non-hydrogen) atoms. The van der Waals surface area contributed by atoms with Gasteiger partial charge in [-0.1, -0.05) is 50.2 Å². The number of hydrogen-bond donors (Lipinski definition) is 8. The van der Waals surface area contributed by atoms with Gasteiger partial charge in [0, 0.05) is 33.3 Å². The third-order valence-electron chi connectivity index (χ3n) is 9.03. The van der Waals surface area contributed by atoms with Gasteiger partial charge >= 0.3 is 0 Å². The van der Waals surface area contributed by atoms with E-state index in [9.17, 15) is 36.2 Å². The van der Waals surface area contributed by atoms with Crippen LogP contribution in [0.15, 0.2) is 92.8 Å². The number of anilines is 2. The van der Waals surface area contributed by atoms with E-state index in [2.05, 4.69) is 21.3 Å². The molecule has 0 aliphatic rings. The number of phenolic OH excluding ortho intramolecular Hbond substituents is 2. The predicted molar refractivity (Wildman–Crippen MR) is 198 cm³/mol. The quantitative estimate of drug-likeness (QED) is 0.0397. The van der Waals surface area contributed by atoms with Crippen molar-refractivity contribution in [2.24, 2.45) is 10.2 Å². The standard InChI is InChI=1S/C36H32N6O8S2/c1-3-17-13-19(5-9-23(17)29-27-15-21(37)7-11-25(27)33(43)31(41-39)35(29)51(45,46)47)20-6-10-24(18(4-2)14-20)30-28-16-22(38)8-12-26(28)34(44)32(42-40)36(30)52(48,49)50/h5-16,39-40,43-44H,3-4,37-38H2,1-2H3,(H,45,46,47)(H,48,49,50)/b41-39+,42-40+. The highest BCUT2D eigenvalue weighted by Crippen LogP contribution is 2.51. The third-order valence-corrected chi connectivity index (χ3v) is 10.9. The lowest BCUT2D eigenvalue weighted by Crippen LogP contribution is -2.05. The number of benzene rings is 6. The molecule has 10 N–H and O–H groups in total. The van der Waals surface area contributed by atoms with Gasteiger partial charge in [-0.25, -0.2) is 11.0 Å². The molecule has 0 aromatic heterocycles. The van der Waals surface area contributed by atoms with Crippen LogP contribution in [0.3, 0.4) is 0 Å². The van der Waals surface area contributed by atoms with Crippen LogP contribution in [0.2, 0.25) is 2.82 Å². The molecule has 0 radical (unpaired) electrons. The summed E-state index contributed by atoms with van der Waals surface area (Å²) in [7, 11) is -10.2. The van der Waals surface area contributed by atoms with E-state index in [1.165, 1.54) is 36.4 Å². The van der Waals surface area contributed by atoms with Crippen molar-refractivity contribution in [1.82, 2.24) is 0 Å². The maximum Gasteiger partial charge on any atom is 0.297 e. The maximum atomic E-state index is 12.9. The smallest absolute Gasteiger partial charge is 0.297 e. The number of nitrogens with two attached hydrogens (primary N) is 2. The zero-order chi connectivity index (χ0) is 39.3. The normalized spacial score (nSPS) is 13.0. The molecule has 0 heterocycles. The minimum atomic E-state index is -5.08. The molecule has 0 aliphatic carbocycles. The summed E-state index contributed by atoms with van der Waals surface area (Å²) >= 11 is 0. The second-order valence-corrected chi connectivity index (χ2v) is 14.7. The van der Waals surface area contributed by atoms with Crippen LogP contribution in [0.25, 0.3) is 54.9 Å². The van der Waals surface area contributed by atoms with Gasteiger partial charge in [-0.05, 0) is 93.4 Å². The molecule has 0 fully saturated rings. The number of fused-ring (bicyclic) bond motifs is 2. The van der Waals surface area contributed by atoms with Crippen LogP contribution in [-0.4, -0.2) is 36.2 Å². The zero-order valence-electron chi connectivity index (χ0n) is 29.5. The van der Waals surface area contributed by atoms with Crippen LogP contribution in [0.4, 0.5) is 22.7 Å². The first-order chi connectivity index (χ1) is 25.5. The average molecular weight is 741 g/mol.